The number of anilines is 1. The summed E-state index contributed by atoms with van der Waals surface area (Å²) in [7, 11) is -3.64. The summed E-state index contributed by atoms with van der Waals surface area (Å²) in [5, 5.41) is 9.95. The molecule has 0 unspecified atom stereocenters. The monoisotopic (exact) mass is 437 g/mol. The van der Waals surface area contributed by atoms with Crippen LogP contribution < -0.4 is 9.62 Å². The Bertz CT molecular complexity index is 1190. The van der Waals surface area contributed by atoms with Gasteiger partial charge in [0.25, 0.3) is 0 Å². The predicted molar refractivity (Wildman–Crippen MR) is 118 cm³/mol. The van der Waals surface area contributed by atoms with Gasteiger partial charge in [-0.2, -0.15) is 5.26 Å². The predicted octanol–water partition coefficient (Wildman–Crippen LogP) is 4.12. The fraction of sp³-hybridized carbons (Fsp3) is 0.174. The molecule has 3 aromatic carbocycles. The van der Waals surface area contributed by atoms with Crippen molar-refractivity contribution in [1.29, 1.82) is 5.26 Å². The summed E-state index contributed by atoms with van der Waals surface area (Å²) >= 11 is 6.00. The van der Waals surface area contributed by atoms with Gasteiger partial charge >= 0.3 is 0 Å². The number of fused-ring (bicyclic) bond motifs is 1. The first-order valence-corrected chi connectivity index (χ1v) is 11.4. The summed E-state index contributed by atoms with van der Waals surface area (Å²) in [5.74, 6) is 0. The van der Waals surface area contributed by atoms with Crippen molar-refractivity contribution in [2.75, 3.05) is 11.4 Å². The number of hydrogen-bond donors (Lipinski definition) is 1. The molecule has 1 N–H and O–H groups in total. The fourth-order valence-electron chi connectivity index (χ4n) is 3.75. The van der Waals surface area contributed by atoms with Crippen molar-refractivity contribution < 1.29 is 8.42 Å². The van der Waals surface area contributed by atoms with Gasteiger partial charge in [-0.05, 0) is 60.0 Å². The minimum Gasteiger partial charge on any atom is -0.365 e. The van der Waals surface area contributed by atoms with E-state index in [1.54, 1.807) is 36.4 Å². The second-order valence-corrected chi connectivity index (χ2v) is 9.45. The zero-order valence-corrected chi connectivity index (χ0v) is 17.7. The number of hydrogen-bond acceptors (Lipinski definition) is 4. The van der Waals surface area contributed by atoms with Crippen molar-refractivity contribution in [3.05, 3.63) is 94.5 Å². The van der Waals surface area contributed by atoms with Crippen molar-refractivity contribution in [3.63, 3.8) is 0 Å². The molecular formula is C23H20ClN3O2S. The molecule has 0 fully saturated rings. The van der Waals surface area contributed by atoms with Gasteiger partial charge in [-0.15, -0.1) is 0 Å². The Morgan fingerprint density at radius 2 is 1.80 bits per heavy atom. The Balaban J connectivity index is 1.63. The molecule has 3 aromatic rings. The molecule has 0 radical (unpaired) electrons. The molecule has 0 bridgehead atoms. The first kappa shape index (κ1) is 20.4. The molecule has 0 amide bonds. The lowest BCUT2D eigenvalue weighted by Gasteiger charge is -2.36. The fourth-order valence-corrected chi connectivity index (χ4v) is 5.12. The van der Waals surface area contributed by atoms with Crippen LogP contribution in [0.25, 0.3) is 0 Å². The lowest BCUT2D eigenvalue weighted by Crippen LogP contribution is -2.48. The molecule has 4 rings (SSSR count). The molecular weight excluding hydrogens is 418 g/mol. The molecule has 30 heavy (non-hydrogen) atoms. The Labute approximate surface area is 181 Å². The number of halogens is 1. The normalized spacial score (nSPS) is 16.0. The van der Waals surface area contributed by atoms with Crippen LogP contribution in [-0.4, -0.2) is 21.0 Å². The van der Waals surface area contributed by atoms with Crippen LogP contribution in [-0.2, 0) is 23.0 Å². The SMILES string of the molecule is N#Cc1ccc2c(c1)C[C@H](NS(=O)(=O)c1ccccc1)CN2Cc1ccc(Cl)cc1. The number of rotatable bonds is 5. The van der Waals surface area contributed by atoms with Gasteiger partial charge in [-0.25, -0.2) is 13.1 Å². The summed E-state index contributed by atoms with van der Waals surface area (Å²) in [6, 6.07) is 23.4. The van der Waals surface area contributed by atoms with Crippen molar-refractivity contribution in [1.82, 2.24) is 4.72 Å². The maximum absolute atomic E-state index is 12.8. The average molecular weight is 438 g/mol. The average Bonchev–Trinajstić information content (AvgIpc) is 2.75. The number of nitrogens with zero attached hydrogens (tertiary/aromatic N) is 2. The van der Waals surface area contributed by atoms with Gasteiger partial charge < -0.3 is 4.90 Å². The molecule has 1 heterocycles. The van der Waals surface area contributed by atoms with Crippen molar-refractivity contribution in [3.8, 4) is 6.07 Å². The van der Waals surface area contributed by atoms with E-state index in [2.05, 4.69) is 15.7 Å². The summed E-state index contributed by atoms with van der Waals surface area (Å²) in [6.07, 6.45) is 0.522. The topological polar surface area (TPSA) is 73.2 Å². The van der Waals surface area contributed by atoms with Gasteiger partial charge in [-0.3, -0.25) is 0 Å². The number of nitriles is 1. The van der Waals surface area contributed by atoms with E-state index in [1.807, 2.05) is 36.4 Å². The molecule has 1 aliphatic heterocycles. The highest BCUT2D eigenvalue weighted by atomic mass is 35.5. The first-order chi connectivity index (χ1) is 14.4. The van der Waals surface area contributed by atoms with Crippen molar-refractivity contribution in [2.24, 2.45) is 0 Å². The highest BCUT2D eigenvalue weighted by Gasteiger charge is 2.28. The van der Waals surface area contributed by atoms with Gasteiger partial charge in [-0.1, -0.05) is 41.9 Å². The highest BCUT2D eigenvalue weighted by molar-refractivity contribution is 7.89. The van der Waals surface area contributed by atoms with E-state index in [0.29, 0.717) is 30.1 Å². The Kier molecular flexibility index (Phi) is 5.78. The summed E-state index contributed by atoms with van der Waals surface area (Å²) in [4.78, 5) is 2.38. The highest BCUT2D eigenvalue weighted by Crippen LogP contribution is 2.30. The van der Waals surface area contributed by atoms with E-state index in [-0.39, 0.29) is 10.9 Å². The third-order valence-corrected chi connectivity index (χ3v) is 6.91. The van der Waals surface area contributed by atoms with Crippen LogP contribution in [0.2, 0.25) is 5.02 Å². The maximum Gasteiger partial charge on any atom is 0.240 e. The first-order valence-electron chi connectivity index (χ1n) is 9.54. The van der Waals surface area contributed by atoms with E-state index in [1.165, 1.54) is 0 Å². The lowest BCUT2D eigenvalue weighted by molar-refractivity contribution is 0.524. The molecule has 0 saturated carbocycles. The Hall–Kier alpha value is -2.85. The molecule has 0 saturated heterocycles. The van der Waals surface area contributed by atoms with Crippen LogP contribution >= 0.6 is 11.6 Å². The molecule has 0 aliphatic carbocycles. The zero-order chi connectivity index (χ0) is 21.1. The van der Waals surface area contributed by atoms with Gasteiger partial charge in [0, 0.05) is 29.8 Å². The van der Waals surface area contributed by atoms with Crippen molar-refractivity contribution >= 4 is 27.3 Å². The minimum absolute atomic E-state index is 0.242. The third kappa shape index (κ3) is 4.49. The molecule has 5 nitrogen and oxygen atoms in total. The largest absolute Gasteiger partial charge is 0.365 e. The van der Waals surface area contributed by atoms with Gasteiger partial charge in [0.05, 0.1) is 16.5 Å². The lowest BCUT2D eigenvalue weighted by atomic mass is 9.96. The van der Waals surface area contributed by atoms with Crippen LogP contribution in [0.4, 0.5) is 5.69 Å². The van der Waals surface area contributed by atoms with Crippen molar-refractivity contribution in [2.45, 2.75) is 23.9 Å². The van der Waals surface area contributed by atoms with E-state index >= 15 is 0 Å². The zero-order valence-electron chi connectivity index (χ0n) is 16.1. The van der Waals surface area contributed by atoms with Crippen LogP contribution in [0, 0.1) is 11.3 Å². The molecule has 1 atom stereocenters. The number of nitrogens with one attached hydrogen (secondary N) is 1. The molecule has 152 valence electrons. The van der Waals surface area contributed by atoms with Gasteiger partial charge in [0.1, 0.15) is 0 Å². The summed E-state index contributed by atoms with van der Waals surface area (Å²) < 4.78 is 28.5. The minimum atomic E-state index is -3.64. The van der Waals surface area contributed by atoms with Gasteiger partial charge in [0.2, 0.25) is 10.0 Å². The molecule has 0 spiro atoms. The van der Waals surface area contributed by atoms with E-state index in [9.17, 15) is 13.7 Å². The standard InChI is InChI=1S/C23H20ClN3O2S/c24-20-9-6-17(7-10-20)15-27-16-21(13-19-12-18(14-25)8-11-23(19)27)26-30(28,29)22-4-2-1-3-5-22/h1-12,21,26H,13,15-16H2/t21-/m0/s1. The van der Waals surface area contributed by atoms with Crippen LogP contribution in [0.15, 0.2) is 77.7 Å². The van der Waals surface area contributed by atoms with Gasteiger partial charge in [0.15, 0.2) is 0 Å². The van der Waals surface area contributed by atoms with E-state index < -0.39 is 10.0 Å². The number of benzene rings is 3. The molecule has 7 heteroatoms. The second kappa shape index (κ2) is 8.49. The molecule has 1 aliphatic rings. The van der Waals surface area contributed by atoms with Crippen LogP contribution in [0.1, 0.15) is 16.7 Å². The summed E-state index contributed by atoms with van der Waals surface area (Å²) in [5.41, 5.74) is 3.60. The number of sulfonamides is 1. The quantitative estimate of drug-likeness (QED) is 0.651. The Morgan fingerprint density at radius 1 is 1.07 bits per heavy atom. The second-order valence-electron chi connectivity index (χ2n) is 7.30. The molecule has 0 aromatic heterocycles. The van der Waals surface area contributed by atoms with Crippen LogP contribution in [0.3, 0.4) is 0 Å². The van der Waals surface area contributed by atoms with E-state index in [0.717, 1.165) is 16.8 Å². The maximum atomic E-state index is 12.8. The van der Waals surface area contributed by atoms with E-state index in [4.69, 9.17) is 11.6 Å². The Morgan fingerprint density at radius 3 is 2.50 bits per heavy atom. The third-order valence-electron chi connectivity index (χ3n) is 5.12. The summed E-state index contributed by atoms with van der Waals surface area (Å²) in [6.45, 7) is 1.13. The van der Waals surface area contributed by atoms with Crippen LogP contribution in [0.5, 0.6) is 0 Å². The smallest absolute Gasteiger partial charge is 0.240 e.